The second-order valence-corrected chi connectivity index (χ2v) is 4.27. The first-order valence-corrected chi connectivity index (χ1v) is 5.57. The third-order valence-electron chi connectivity index (χ3n) is 2.49. The van der Waals surface area contributed by atoms with Gasteiger partial charge < -0.3 is 10.8 Å². The monoisotopic (exact) mass is 265 g/mol. The number of benzene rings is 2. The molecule has 0 aliphatic heterocycles. The minimum atomic E-state index is -0.330. The van der Waals surface area contributed by atoms with Gasteiger partial charge in [0.1, 0.15) is 0 Å². The van der Waals surface area contributed by atoms with E-state index in [4.69, 9.17) is 10.8 Å². The minimum absolute atomic E-state index is 0.0447. The van der Waals surface area contributed by atoms with Crippen LogP contribution >= 0.6 is 15.9 Å². The summed E-state index contributed by atoms with van der Waals surface area (Å²) in [7, 11) is 0. The molecule has 0 saturated heterocycles. The molecule has 0 bridgehead atoms. The Morgan fingerprint density at radius 2 is 1.93 bits per heavy atom. The Labute approximate surface area is 96.8 Å². The van der Waals surface area contributed by atoms with Crippen LogP contribution in [0.4, 0.5) is 0 Å². The number of nitrogens with two attached hydrogens (primary N) is 1. The molecule has 2 nitrogen and oxygen atoms in total. The fourth-order valence-electron chi connectivity index (χ4n) is 1.64. The number of fused-ring (bicyclic) bond motifs is 1. The van der Waals surface area contributed by atoms with Crippen LogP contribution in [0.5, 0.6) is 0 Å². The Bertz CT molecular complexity index is 484. The molecule has 2 rings (SSSR count). The van der Waals surface area contributed by atoms with Crippen LogP contribution < -0.4 is 5.73 Å². The molecule has 1 unspecified atom stereocenters. The average Bonchev–Trinajstić information content (AvgIpc) is 2.29. The van der Waals surface area contributed by atoms with Crippen molar-refractivity contribution in [3.05, 3.63) is 46.4 Å². The van der Waals surface area contributed by atoms with Gasteiger partial charge in [0.25, 0.3) is 0 Å². The molecule has 1 atom stereocenters. The van der Waals surface area contributed by atoms with Crippen LogP contribution in [0.1, 0.15) is 11.6 Å². The Hall–Kier alpha value is -0.900. The summed E-state index contributed by atoms with van der Waals surface area (Å²) in [6.07, 6.45) is 0. The molecule has 2 aromatic rings. The van der Waals surface area contributed by atoms with E-state index in [1.54, 1.807) is 0 Å². The van der Waals surface area contributed by atoms with Crippen molar-refractivity contribution in [3.63, 3.8) is 0 Å². The molecule has 0 aliphatic rings. The number of aliphatic hydroxyl groups excluding tert-OH is 1. The molecule has 0 aliphatic carbocycles. The quantitative estimate of drug-likeness (QED) is 0.877. The molecule has 0 fully saturated rings. The number of hydrogen-bond donors (Lipinski definition) is 2. The summed E-state index contributed by atoms with van der Waals surface area (Å²) in [5, 5.41) is 11.3. The van der Waals surface area contributed by atoms with Gasteiger partial charge in [0.05, 0.1) is 12.6 Å². The fraction of sp³-hybridized carbons (Fsp3) is 0.167. The third kappa shape index (κ3) is 1.91. The van der Waals surface area contributed by atoms with Gasteiger partial charge in [-0.25, -0.2) is 0 Å². The standard InChI is InChI=1S/C12H12BrNO/c13-12-9-4-2-1-3-8(9)5-6-10(12)11(14)7-15/h1-6,11,15H,7,14H2. The van der Waals surface area contributed by atoms with E-state index in [0.29, 0.717) is 0 Å². The highest BCUT2D eigenvalue weighted by Gasteiger charge is 2.10. The molecule has 0 saturated carbocycles. The Morgan fingerprint density at radius 3 is 2.67 bits per heavy atom. The number of rotatable bonds is 2. The molecular formula is C12H12BrNO. The van der Waals surface area contributed by atoms with Crippen molar-refractivity contribution in [1.29, 1.82) is 0 Å². The summed E-state index contributed by atoms with van der Waals surface area (Å²) >= 11 is 3.53. The van der Waals surface area contributed by atoms with E-state index in [0.717, 1.165) is 15.4 Å². The Kier molecular flexibility index (Phi) is 3.05. The van der Waals surface area contributed by atoms with Gasteiger partial charge >= 0.3 is 0 Å². The van der Waals surface area contributed by atoms with Crippen molar-refractivity contribution in [2.45, 2.75) is 6.04 Å². The molecular weight excluding hydrogens is 254 g/mol. The molecule has 0 amide bonds. The first kappa shape index (κ1) is 10.6. The minimum Gasteiger partial charge on any atom is -0.394 e. The first-order chi connectivity index (χ1) is 7.24. The zero-order valence-corrected chi connectivity index (χ0v) is 9.74. The molecule has 78 valence electrons. The molecule has 0 heterocycles. The predicted molar refractivity (Wildman–Crippen MR) is 65.7 cm³/mol. The molecule has 2 aromatic carbocycles. The predicted octanol–water partition coefficient (Wildman–Crippen LogP) is 2.59. The van der Waals surface area contributed by atoms with Crippen molar-refractivity contribution in [2.75, 3.05) is 6.61 Å². The van der Waals surface area contributed by atoms with Crippen molar-refractivity contribution in [3.8, 4) is 0 Å². The van der Waals surface area contributed by atoms with Crippen LogP contribution in [-0.2, 0) is 0 Å². The van der Waals surface area contributed by atoms with Crippen molar-refractivity contribution in [2.24, 2.45) is 5.73 Å². The third-order valence-corrected chi connectivity index (χ3v) is 3.37. The summed E-state index contributed by atoms with van der Waals surface area (Å²) in [5.74, 6) is 0. The second-order valence-electron chi connectivity index (χ2n) is 3.48. The zero-order valence-electron chi connectivity index (χ0n) is 8.15. The fourth-order valence-corrected chi connectivity index (χ4v) is 2.42. The van der Waals surface area contributed by atoms with Gasteiger partial charge in [-0.05, 0) is 32.3 Å². The molecule has 3 N–H and O–H groups in total. The Morgan fingerprint density at radius 1 is 1.20 bits per heavy atom. The van der Waals surface area contributed by atoms with E-state index >= 15 is 0 Å². The van der Waals surface area contributed by atoms with E-state index < -0.39 is 0 Å². The van der Waals surface area contributed by atoms with Crippen molar-refractivity contribution < 1.29 is 5.11 Å². The zero-order chi connectivity index (χ0) is 10.8. The SMILES string of the molecule is NC(CO)c1ccc2ccccc2c1Br. The summed E-state index contributed by atoms with van der Waals surface area (Å²) in [5.41, 5.74) is 6.75. The van der Waals surface area contributed by atoms with Crippen molar-refractivity contribution >= 4 is 26.7 Å². The largest absolute Gasteiger partial charge is 0.394 e. The maximum Gasteiger partial charge on any atom is 0.0624 e. The maximum atomic E-state index is 9.04. The lowest BCUT2D eigenvalue weighted by Gasteiger charge is -2.12. The highest BCUT2D eigenvalue weighted by atomic mass is 79.9. The van der Waals surface area contributed by atoms with E-state index in [1.807, 2.05) is 36.4 Å². The smallest absolute Gasteiger partial charge is 0.0624 e. The normalized spacial score (nSPS) is 13.0. The number of aliphatic hydroxyl groups is 1. The molecule has 3 heteroatoms. The van der Waals surface area contributed by atoms with Crippen LogP contribution in [0.25, 0.3) is 10.8 Å². The second kappa shape index (κ2) is 4.31. The number of hydrogen-bond acceptors (Lipinski definition) is 2. The van der Waals surface area contributed by atoms with Gasteiger partial charge in [-0.2, -0.15) is 0 Å². The summed E-state index contributed by atoms with van der Waals surface area (Å²) in [6.45, 7) is -0.0447. The van der Waals surface area contributed by atoms with Gasteiger partial charge in [-0.1, -0.05) is 36.4 Å². The molecule has 15 heavy (non-hydrogen) atoms. The summed E-state index contributed by atoms with van der Waals surface area (Å²) < 4.78 is 0.974. The molecule has 0 spiro atoms. The van der Waals surface area contributed by atoms with Gasteiger partial charge in [-0.3, -0.25) is 0 Å². The average molecular weight is 266 g/mol. The highest BCUT2D eigenvalue weighted by Crippen LogP contribution is 2.30. The van der Waals surface area contributed by atoms with Crippen molar-refractivity contribution in [1.82, 2.24) is 0 Å². The van der Waals surface area contributed by atoms with Crippen LogP contribution in [0.3, 0.4) is 0 Å². The highest BCUT2D eigenvalue weighted by molar-refractivity contribution is 9.10. The van der Waals surface area contributed by atoms with Crippen LogP contribution in [0.15, 0.2) is 40.9 Å². The van der Waals surface area contributed by atoms with E-state index in [1.165, 1.54) is 5.39 Å². The van der Waals surface area contributed by atoms with E-state index in [2.05, 4.69) is 15.9 Å². The van der Waals surface area contributed by atoms with Crippen LogP contribution in [-0.4, -0.2) is 11.7 Å². The van der Waals surface area contributed by atoms with E-state index in [-0.39, 0.29) is 12.6 Å². The van der Waals surface area contributed by atoms with Gasteiger partial charge in [0.2, 0.25) is 0 Å². The Balaban J connectivity index is 2.65. The topological polar surface area (TPSA) is 46.2 Å². The van der Waals surface area contributed by atoms with Gasteiger partial charge in [-0.15, -0.1) is 0 Å². The summed E-state index contributed by atoms with van der Waals surface area (Å²) in [4.78, 5) is 0. The van der Waals surface area contributed by atoms with Gasteiger partial charge in [0, 0.05) is 4.47 Å². The maximum absolute atomic E-state index is 9.04. The lowest BCUT2D eigenvalue weighted by atomic mass is 10.0. The van der Waals surface area contributed by atoms with E-state index in [9.17, 15) is 0 Å². The van der Waals surface area contributed by atoms with Gasteiger partial charge in [0.15, 0.2) is 0 Å². The molecule has 0 aromatic heterocycles. The molecule has 0 radical (unpaired) electrons. The summed E-state index contributed by atoms with van der Waals surface area (Å²) in [6, 6.07) is 11.7. The lowest BCUT2D eigenvalue weighted by molar-refractivity contribution is 0.268. The van der Waals surface area contributed by atoms with Crippen LogP contribution in [0, 0.1) is 0 Å². The first-order valence-electron chi connectivity index (χ1n) is 4.77. The number of halogens is 1. The van der Waals surface area contributed by atoms with Crippen LogP contribution in [0.2, 0.25) is 0 Å². The lowest BCUT2D eigenvalue weighted by Crippen LogP contribution is -2.14.